The first-order chi connectivity index (χ1) is 32.9. The lowest BCUT2D eigenvalue weighted by Gasteiger charge is -2.28. The number of benzene rings is 1. The second kappa shape index (κ2) is 32.4. The van der Waals surface area contributed by atoms with Crippen LogP contribution in [0.4, 0.5) is 0 Å². The summed E-state index contributed by atoms with van der Waals surface area (Å²) in [5.74, 6) is -11.6. The summed E-state index contributed by atoms with van der Waals surface area (Å²) in [6.45, 7) is 3.90. The number of carboxylic acids is 3. The minimum Gasteiger partial charge on any atom is -0.508 e. The van der Waals surface area contributed by atoms with E-state index in [1.165, 1.54) is 12.1 Å². The predicted molar refractivity (Wildman–Crippen MR) is 249 cm³/mol. The van der Waals surface area contributed by atoms with Crippen LogP contribution >= 0.6 is 0 Å². The Morgan fingerprint density at radius 2 is 0.929 bits per heavy atom. The van der Waals surface area contributed by atoms with Crippen LogP contribution in [0.15, 0.2) is 24.3 Å². The van der Waals surface area contributed by atoms with Crippen molar-refractivity contribution in [3.63, 3.8) is 0 Å². The molecule has 0 radical (unpaired) electrons. The Hall–Kier alpha value is -6.48. The van der Waals surface area contributed by atoms with Crippen molar-refractivity contribution < 1.29 is 78.6 Å². The quantitative estimate of drug-likeness (QED) is 0.0290. The first kappa shape index (κ1) is 61.5. The van der Waals surface area contributed by atoms with Gasteiger partial charge in [-0.15, -0.1) is 0 Å². The third kappa shape index (κ3) is 23.7. The molecule has 1 rings (SSSR count). The average molecular weight is 997 g/mol. The Morgan fingerprint density at radius 3 is 1.39 bits per heavy atom. The van der Waals surface area contributed by atoms with E-state index < -0.39 is 146 Å². The van der Waals surface area contributed by atoms with Crippen LogP contribution in [0.25, 0.3) is 0 Å². The fraction of sp³-hybridized carbons (Fsp3) is 0.636. The maximum atomic E-state index is 13.9. The highest BCUT2D eigenvalue weighted by Crippen LogP contribution is 2.13. The maximum absolute atomic E-state index is 13.9. The lowest BCUT2D eigenvalue weighted by atomic mass is 10.0. The zero-order chi connectivity index (χ0) is 53.1. The average Bonchev–Trinajstić information content (AvgIpc) is 3.28. The molecule has 0 aliphatic heterocycles. The molecule has 26 heteroatoms. The Morgan fingerprint density at radius 1 is 0.529 bits per heavy atom. The van der Waals surface area contributed by atoms with Crippen LogP contribution in [0, 0.1) is 5.92 Å². The fourth-order valence-corrected chi connectivity index (χ4v) is 6.75. The van der Waals surface area contributed by atoms with Crippen molar-refractivity contribution in [3.05, 3.63) is 29.8 Å². The number of nitrogens with one attached hydrogen (secondary N) is 7. The molecule has 19 N–H and O–H groups in total. The second-order valence-electron chi connectivity index (χ2n) is 17.2. The molecule has 0 heterocycles. The molecule has 1 aromatic carbocycles. The third-order valence-corrected chi connectivity index (χ3v) is 10.6. The molecule has 9 atom stereocenters. The number of rotatable bonds is 35. The Balaban J connectivity index is 3.32. The highest BCUT2D eigenvalue weighted by molar-refractivity contribution is 5.98. The minimum absolute atomic E-state index is 0.000186. The van der Waals surface area contributed by atoms with E-state index in [1.54, 1.807) is 26.0 Å². The molecule has 0 spiro atoms. The lowest BCUT2D eigenvalue weighted by Crippen LogP contribution is -2.62. The van der Waals surface area contributed by atoms with Gasteiger partial charge in [-0.05, 0) is 108 Å². The number of hydrogen-bond acceptors (Lipinski definition) is 16. The second-order valence-corrected chi connectivity index (χ2v) is 17.2. The largest absolute Gasteiger partial charge is 0.508 e. The number of hydrogen-bond donors (Lipinski definition) is 16. The summed E-state index contributed by atoms with van der Waals surface area (Å²) in [6, 6.07) is -6.32. The van der Waals surface area contributed by atoms with Gasteiger partial charge >= 0.3 is 17.9 Å². The van der Waals surface area contributed by atoms with Gasteiger partial charge in [0.25, 0.3) is 0 Å². The molecule has 0 saturated carbocycles. The molecule has 0 aromatic heterocycles. The molecule has 9 unspecified atom stereocenters. The summed E-state index contributed by atoms with van der Waals surface area (Å²) in [5, 5.41) is 74.9. The van der Waals surface area contributed by atoms with Gasteiger partial charge in [0.2, 0.25) is 41.4 Å². The number of unbranched alkanes of at least 4 members (excludes halogenated alkanes) is 2. The van der Waals surface area contributed by atoms with E-state index in [-0.39, 0.29) is 56.9 Å². The van der Waals surface area contributed by atoms with Crippen LogP contribution in [0.3, 0.4) is 0 Å². The van der Waals surface area contributed by atoms with Gasteiger partial charge in [0.05, 0.1) is 18.8 Å². The van der Waals surface area contributed by atoms with E-state index in [0.29, 0.717) is 24.8 Å². The fourth-order valence-electron chi connectivity index (χ4n) is 6.75. The zero-order valence-electron chi connectivity index (χ0n) is 39.7. The molecule has 0 saturated heterocycles. The van der Waals surface area contributed by atoms with E-state index in [0.717, 1.165) is 6.92 Å². The SMILES string of the molecule is CC(C)CC(NC(=O)C(CCC(=O)O)NC(=O)C(NC(=O)C(CCCCN)NC(=O)C(N)Cc1ccc(O)cc1)C(C)O)C(=O)NC(CO)C(=O)NC(CCCCN)C(=O)NC(CCC(=O)O)C(=O)O. The third-order valence-electron chi connectivity index (χ3n) is 10.6. The summed E-state index contributed by atoms with van der Waals surface area (Å²) in [6.07, 6.45) is -2.64. The van der Waals surface area contributed by atoms with Gasteiger partial charge < -0.3 is 85.1 Å². The number of carbonyl (C=O) groups is 10. The first-order valence-corrected chi connectivity index (χ1v) is 23.0. The lowest BCUT2D eigenvalue weighted by molar-refractivity contribution is -0.143. The van der Waals surface area contributed by atoms with Crippen LogP contribution in [0.5, 0.6) is 5.75 Å². The van der Waals surface area contributed by atoms with Crippen LogP contribution in [-0.2, 0) is 54.4 Å². The molecule has 0 aliphatic carbocycles. The zero-order valence-corrected chi connectivity index (χ0v) is 39.7. The Kier molecular flexibility index (Phi) is 28.4. The van der Waals surface area contributed by atoms with Crippen LogP contribution in [-0.4, -0.2) is 164 Å². The van der Waals surface area contributed by atoms with E-state index in [4.69, 9.17) is 22.3 Å². The van der Waals surface area contributed by atoms with Crippen molar-refractivity contribution in [2.24, 2.45) is 23.1 Å². The number of aromatic hydroxyl groups is 1. The van der Waals surface area contributed by atoms with Crippen LogP contribution < -0.4 is 54.4 Å². The Labute approximate surface area is 405 Å². The van der Waals surface area contributed by atoms with Crippen molar-refractivity contribution in [1.82, 2.24) is 37.2 Å². The minimum atomic E-state index is -1.79. The van der Waals surface area contributed by atoms with Gasteiger partial charge in [-0.25, -0.2) is 4.79 Å². The highest BCUT2D eigenvalue weighted by atomic mass is 16.4. The summed E-state index contributed by atoms with van der Waals surface area (Å²) in [5.41, 5.74) is 17.9. The molecule has 1 aromatic rings. The van der Waals surface area contributed by atoms with Gasteiger partial charge in [0.1, 0.15) is 48.0 Å². The summed E-state index contributed by atoms with van der Waals surface area (Å²) < 4.78 is 0. The topological polar surface area (TPSA) is 454 Å². The molecule has 0 aliphatic rings. The van der Waals surface area contributed by atoms with Gasteiger partial charge in [-0.2, -0.15) is 0 Å². The smallest absolute Gasteiger partial charge is 0.326 e. The van der Waals surface area contributed by atoms with Gasteiger partial charge in [0, 0.05) is 12.8 Å². The number of carboxylic acid groups (broad SMARTS) is 3. The molecular weight excluding hydrogens is 925 g/mol. The van der Waals surface area contributed by atoms with E-state index >= 15 is 0 Å². The molecule has 70 heavy (non-hydrogen) atoms. The van der Waals surface area contributed by atoms with Crippen molar-refractivity contribution in [3.8, 4) is 5.75 Å². The number of nitrogens with two attached hydrogens (primary N) is 3. The van der Waals surface area contributed by atoms with Crippen molar-refractivity contribution in [2.75, 3.05) is 19.7 Å². The van der Waals surface area contributed by atoms with E-state index in [2.05, 4.69) is 37.2 Å². The monoisotopic (exact) mass is 997 g/mol. The summed E-state index contributed by atoms with van der Waals surface area (Å²) >= 11 is 0. The van der Waals surface area contributed by atoms with E-state index in [9.17, 15) is 73.5 Å². The van der Waals surface area contributed by atoms with Crippen LogP contribution in [0.2, 0.25) is 0 Å². The van der Waals surface area contributed by atoms with Gasteiger partial charge in [0.15, 0.2) is 0 Å². The molecule has 26 nitrogen and oxygen atoms in total. The van der Waals surface area contributed by atoms with Gasteiger partial charge in [-0.3, -0.25) is 43.2 Å². The number of phenols is 1. The number of aliphatic carboxylic acids is 3. The van der Waals surface area contributed by atoms with Crippen molar-refractivity contribution in [1.29, 1.82) is 0 Å². The molecule has 0 fully saturated rings. The van der Waals surface area contributed by atoms with Crippen LogP contribution in [0.1, 0.15) is 97.0 Å². The number of aliphatic hydroxyl groups is 2. The van der Waals surface area contributed by atoms with Crippen molar-refractivity contribution in [2.45, 2.75) is 152 Å². The molecular formula is C44H72N10O16. The Bertz CT molecular complexity index is 1900. The number of aliphatic hydroxyl groups excluding tert-OH is 2. The summed E-state index contributed by atoms with van der Waals surface area (Å²) in [4.78, 5) is 129. The standard InChI is InChI=1S/C44H72N10O16/c1-23(2)20-32(41(66)53-33(22-55)42(67)49-28(8-4-6-18-45)38(63)51-31(44(69)70)15-17-35(60)61)52-39(64)30(14-16-34(58)59)50-43(68)36(24(3)56)54-40(65)29(9-5-7-19-46)48-37(62)27(47)21-25-10-12-26(57)13-11-25/h10-13,23-24,27-33,36,55-57H,4-9,14-22,45-47H2,1-3H3,(H,48,62)(H,49,67)(H,50,68)(H,51,63)(H,52,64)(H,53,66)(H,54,65)(H,58,59)(H,60,61)(H,69,70). The molecule has 7 amide bonds. The van der Waals surface area contributed by atoms with Gasteiger partial charge in [-0.1, -0.05) is 26.0 Å². The predicted octanol–water partition coefficient (Wildman–Crippen LogP) is -3.85. The normalized spacial score (nSPS) is 15.0. The van der Waals surface area contributed by atoms with Crippen molar-refractivity contribution >= 4 is 59.3 Å². The highest BCUT2D eigenvalue weighted by Gasteiger charge is 2.36. The number of phenolic OH excluding ortho intramolecular Hbond substituents is 1. The summed E-state index contributed by atoms with van der Waals surface area (Å²) in [7, 11) is 0. The molecule has 0 bridgehead atoms. The molecule has 394 valence electrons. The number of carbonyl (C=O) groups excluding carboxylic acids is 7. The number of amides is 7. The maximum Gasteiger partial charge on any atom is 0.326 e. The van der Waals surface area contributed by atoms with E-state index in [1.807, 2.05) is 0 Å². The first-order valence-electron chi connectivity index (χ1n) is 23.0.